The molecule has 16 heavy (non-hydrogen) atoms. The minimum atomic E-state index is -0.0743. The lowest BCUT2D eigenvalue weighted by molar-refractivity contribution is -0.118. The van der Waals surface area contributed by atoms with E-state index in [9.17, 15) is 4.79 Å². The van der Waals surface area contributed by atoms with Gasteiger partial charge in [-0.05, 0) is 30.5 Å². The molecule has 0 bridgehead atoms. The second kappa shape index (κ2) is 3.08. The number of anilines is 1. The van der Waals surface area contributed by atoms with E-state index < -0.39 is 0 Å². The Morgan fingerprint density at radius 2 is 2.12 bits per heavy atom. The molecule has 1 aromatic carbocycles. The molecule has 0 radical (unpaired) electrons. The van der Waals surface area contributed by atoms with Crippen LogP contribution in [-0.2, 0) is 21.6 Å². The third-order valence-corrected chi connectivity index (χ3v) is 3.61. The molecule has 2 heterocycles. The van der Waals surface area contributed by atoms with E-state index >= 15 is 0 Å². The van der Waals surface area contributed by atoms with E-state index in [1.807, 2.05) is 13.1 Å². The van der Waals surface area contributed by atoms with Crippen LogP contribution in [-0.4, -0.2) is 19.6 Å². The van der Waals surface area contributed by atoms with Gasteiger partial charge in [-0.2, -0.15) is 0 Å². The van der Waals surface area contributed by atoms with Crippen molar-refractivity contribution in [1.29, 1.82) is 0 Å². The van der Waals surface area contributed by atoms with Crippen molar-refractivity contribution in [2.45, 2.75) is 25.4 Å². The Morgan fingerprint density at radius 1 is 1.38 bits per heavy atom. The molecular weight excluding hydrogens is 202 g/mol. The third-order valence-electron chi connectivity index (χ3n) is 3.61. The van der Waals surface area contributed by atoms with Gasteiger partial charge in [-0.25, -0.2) is 0 Å². The van der Waals surface area contributed by atoms with Crippen LogP contribution in [0, 0.1) is 0 Å². The van der Waals surface area contributed by atoms with Crippen LogP contribution in [0.5, 0.6) is 0 Å². The quantitative estimate of drug-likeness (QED) is 0.672. The number of amides is 1. The molecule has 0 saturated carbocycles. The minimum absolute atomic E-state index is 0.0743. The van der Waals surface area contributed by atoms with Crippen molar-refractivity contribution in [3.63, 3.8) is 0 Å². The maximum atomic E-state index is 11.6. The van der Waals surface area contributed by atoms with Gasteiger partial charge in [0.1, 0.15) is 5.60 Å². The fourth-order valence-electron chi connectivity index (χ4n) is 2.26. The van der Waals surface area contributed by atoms with Gasteiger partial charge in [0.2, 0.25) is 5.91 Å². The molecule has 1 saturated heterocycles. The number of carbonyl (C=O) groups is 1. The predicted octanol–water partition coefficient (Wildman–Crippen LogP) is 1.84. The second-order valence-corrected chi connectivity index (χ2v) is 4.82. The zero-order valence-electron chi connectivity index (χ0n) is 9.62. The number of rotatable bonds is 1. The first-order chi connectivity index (χ1) is 7.60. The zero-order valence-corrected chi connectivity index (χ0v) is 9.62. The molecular formula is C13H15NO2. The van der Waals surface area contributed by atoms with Crippen molar-refractivity contribution in [3.8, 4) is 0 Å². The highest BCUT2D eigenvalue weighted by Crippen LogP contribution is 2.40. The van der Waals surface area contributed by atoms with Crippen LogP contribution in [0.4, 0.5) is 5.69 Å². The van der Waals surface area contributed by atoms with Gasteiger partial charge >= 0.3 is 0 Å². The maximum absolute atomic E-state index is 11.6. The van der Waals surface area contributed by atoms with Crippen LogP contribution in [0.2, 0.25) is 0 Å². The summed E-state index contributed by atoms with van der Waals surface area (Å²) in [5.41, 5.74) is 3.46. The van der Waals surface area contributed by atoms with Crippen molar-refractivity contribution < 1.29 is 9.53 Å². The van der Waals surface area contributed by atoms with E-state index in [1.54, 1.807) is 4.90 Å². The number of fused-ring (bicyclic) bond motifs is 1. The highest BCUT2D eigenvalue weighted by atomic mass is 16.6. The van der Waals surface area contributed by atoms with Crippen LogP contribution in [0.1, 0.15) is 24.5 Å². The van der Waals surface area contributed by atoms with Gasteiger partial charge in [-0.15, -0.1) is 0 Å². The highest BCUT2D eigenvalue weighted by molar-refractivity contribution is 5.95. The number of aryl methyl sites for hydroxylation is 1. The molecule has 3 nitrogen and oxygen atoms in total. The van der Waals surface area contributed by atoms with E-state index in [1.165, 1.54) is 11.1 Å². The van der Waals surface area contributed by atoms with Crippen molar-refractivity contribution >= 4 is 11.6 Å². The summed E-state index contributed by atoms with van der Waals surface area (Å²) in [4.78, 5) is 13.3. The molecule has 0 aliphatic carbocycles. The Labute approximate surface area is 95.0 Å². The number of benzene rings is 1. The average Bonchev–Trinajstić information content (AvgIpc) is 3.03. The summed E-state index contributed by atoms with van der Waals surface area (Å²) >= 11 is 0. The lowest BCUT2D eigenvalue weighted by Crippen LogP contribution is -2.31. The number of epoxide rings is 1. The van der Waals surface area contributed by atoms with Gasteiger partial charge in [0, 0.05) is 19.2 Å². The molecule has 0 spiro atoms. The Morgan fingerprint density at radius 3 is 2.81 bits per heavy atom. The Bertz CT molecular complexity index is 463. The Hall–Kier alpha value is -1.35. The molecule has 3 heteroatoms. The molecule has 1 aromatic rings. The normalized spacial score (nSPS) is 27.9. The summed E-state index contributed by atoms with van der Waals surface area (Å²) in [6.45, 7) is 2.91. The fraction of sp³-hybridized carbons (Fsp3) is 0.462. The van der Waals surface area contributed by atoms with Crippen molar-refractivity contribution in [3.05, 3.63) is 29.3 Å². The summed E-state index contributed by atoms with van der Waals surface area (Å²) in [6.07, 6.45) is 1.47. The van der Waals surface area contributed by atoms with Crippen LogP contribution < -0.4 is 4.90 Å². The molecule has 2 aliphatic rings. The monoisotopic (exact) mass is 217 g/mol. The first kappa shape index (κ1) is 9.85. The molecule has 84 valence electrons. The van der Waals surface area contributed by atoms with Gasteiger partial charge in [0.05, 0.1) is 6.61 Å². The number of ether oxygens (including phenoxy) is 1. The van der Waals surface area contributed by atoms with Crippen molar-refractivity contribution in [2.24, 2.45) is 0 Å². The van der Waals surface area contributed by atoms with Gasteiger partial charge in [-0.3, -0.25) is 4.79 Å². The molecule has 1 atom stereocenters. The van der Waals surface area contributed by atoms with E-state index in [0.29, 0.717) is 6.42 Å². The minimum Gasteiger partial charge on any atom is -0.365 e. The molecule has 0 N–H and O–H groups in total. The zero-order chi connectivity index (χ0) is 11.3. The van der Waals surface area contributed by atoms with E-state index in [4.69, 9.17) is 4.74 Å². The van der Waals surface area contributed by atoms with Crippen LogP contribution in [0.25, 0.3) is 0 Å². The van der Waals surface area contributed by atoms with E-state index in [2.05, 4.69) is 19.1 Å². The lowest BCUT2D eigenvalue weighted by atomic mass is 9.94. The Balaban J connectivity index is 2.03. The fourth-order valence-corrected chi connectivity index (χ4v) is 2.26. The van der Waals surface area contributed by atoms with Crippen LogP contribution >= 0.6 is 0 Å². The average molecular weight is 217 g/mol. The number of carbonyl (C=O) groups excluding carboxylic acids is 1. The smallest absolute Gasteiger partial charge is 0.227 e. The Kier molecular flexibility index (Phi) is 1.89. The first-order valence-corrected chi connectivity index (χ1v) is 5.64. The molecule has 2 aliphatic heterocycles. The summed E-state index contributed by atoms with van der Waals surface area (Å²) in [5, 5.41) is 0. The SMILES string of the molecule is CN1C(=O)CCc2cc(C3(C)CO3)ccc21. The van der Waals surface area contributed by atoms with Crippen LogP contribution in [0.3, 0.4) is 0 Å². The van der Waals surface area contributed by atoms with Crippen molar-refractivity contribution in [2.75, 3.05) is 18.6 Å². The van der Waals surface area contributed by atoms with E-state index in [0.717, 1.165) is 18.7 Å². The lowest BCUT2D eigenvalue weighted by Gasteiger charge is -2.26. The number of nitrogens with zero attached hydrogens (tertiary/aromatic N) is 1. The van der Waals surface area contributed by atoms with Crippen molar-refractivity contribution in [1.82, 2.24) is 0 Å². The maximum Gasteiger partial charge on any atom is 0.227 e. The molecule has 1 unspecified atom stereocenters. The summed E-state index contributed by atoms with van der Waals surface area (Å²) in [5.74, 6) is 0.203. The standard InChI is InChI=1S/C13H15NO2/c1-13(8-16-13)10-4-5-11-9(7-10)3-6-12(15)14(11)2/h4-5,7H,3,6,8H2,1-2H3. The molecule has 3 rings (SSSR count). The molecule has 1 amide bonds. The summed E-state index contributed by atoms with van der Waals surface area (Å²) in [7, 11) is 1.84. The van der Waals surface area contributed by atoms with Gasteiger partial charge < -0.3 is 9.64 Å². The highest BCUT2D eigenvalue weighted by Gasteiger charge is 2.41. The first-order valence-electron chi connectivity index (χ1n) is 5.64. The second-order valence-electron chi connectivity index (χ2n) is 4.82. The topological polar surface area (TPSA) is 32.8 Å². The van der Waals surface area contributed by atoms with Gasteiger partial charge in [0.25, 0.3) is 0 Å². The van der Waals surface area contributed by atoms with E-state index in [-0.39, 0.29) is 11.5 Å². The number of hydrogen-bond donors (Lipinski definition) is 0. The predicted molar refractivity (Wildman–Crippen MR) is 61.5 cm³/mol. The molecule has 0 aromatic heterocycles. The number of hydrogen-bond acceptors (Lipinski definition) is 2. The van der Waals surface area contributed by atoms with Crippen LogP contribution in [0.15, 0.2) is 18.2 Å². The summed E-state index contributed by atoms with van der Waals surface area (Å²) in [6, 6.07) is 6.29. The van der Waals surface area contributed by atoms with Gasteiger partial charge in [0.15, 0.2) is 0 Å². The largest absolute Gasteiger partial charge is 0.365 e. The third kappa shape index (κ3) is 1.35. The molecule has 1 fully saturated rings. The summed E-state index contributed by atoms with van der Waals surface area (Å²) < 4.78 is 5.44. The van der Waals surface area contributed by atoms with Gasteiger partial charge in [-0.1, -0.05) is 12.1 Å².